The average Bonchev–Trinajstić information content (AvgIpc) is 2.42. The lowest BCUT2D eigenvalue weighted by atomic mass is 10.1. The fourth-order valence-corrected chi connectivity index (χ4v) is 1.88. The number of rotatable bonds is 3. The number of benzene rings is 1. The molecule has 2 rings (SSSR count). The van der Waals surface area contributed by atoms with Crippen molar-refractivity contribution in [2.75, 3.05) is 6.54 Å². The molecule has 0 aliphatic carbocycles. The van der Waals surface area contributed by atoms with E-state index in [2.05, 4.69) is 10.3 Å². The second-order valence-corrected chi connectivity index (χ2v) is 5.85. The molecule has 1 aromatic heterocycles. The molecule has 22 heavy (non-hydrogen) atoms. The molecule has 1 amide bonds. The third kappa shape index (κ3) is 4.55. The Kier molecular flexibility index (Phi) is 4.75. The highest BCUT2D eigenvalue weighted by atomic mass is 19.1. The predicted octanol–water partition coefficient (Wildman–Crippen LogP) is 3.91. The first-order valence-electron chi connectivity index (χ1n) is 7.03. The van der Waals surface area contributed by atoms with Crippen LogP contribution in [0.2, 0.25) is 0 Å². The van der Waals surface area contributed by atoms with Crippen LogP contribution in [0.1, 0.15) is 26.3 Å². The van der Waals surface area contributed by atoms with Crippen molar-refractivity contribution in [1.82, 2.24) is 10.3 Å². The van der Waals surface area contributed by atoms with Crippen LogP contribution < -0.4 is 5.32 Å². The lowest BCUT2D eigenvalue weighted by Crippen LogP contribution is -2.32. The number of nitrogens with one attached hydrogen (secondary N) is 1. The Labute approximate surface area is 129 Å². The van der Waals surface area contributed by atoms with Crippen molar-refractivity contribution >= 4 is 23.1 Å². The van der Waals surface area contributed by atoms with Crippen LogP contribution in [0.15, 0.2) is 36.5 Å². The lowest BCUT2D eigenvalue weighted by Gasteiger charge is -2.19. The molecular weight excluding hydrogens is 283 g/mol. The summed E-state index contributed by atoms with van der Waals surface area (Å²) in [7, 11) is 0. The van der Waals surface area contributed by atoms with Crippen molar-refractivity contribution < 1.29 is 13.9 Å². The molecule has 0 aliphatic rings. The van der Waals surface area contributed by atoms with Gasteiger partial charge < -0.3 is 10.1 Å². The van der Waals surface area contributed by atoms with Crippen LogP contribution in [0.25, 0.3) is 17.0 Å². The maximum Gasteiger partial charge on any atom is 0.407 e. The van der Waals surface area contributed by atoms with E-state index in [0.717, 1.165) is 5.39 Å². The summed E-state index contributed by atoms with van der Waals surface area (Å²) in [6, 6.07) is 6.80. The van der Waals surface area contributed by atoms with Gasteiger partial charge in [-0.15, -0.1) is 0 Å². The number of carbonyl (C=O) groups excluding carboxylic acids is 1. The zero-order valence-electron chi connectivity index (χ0n) is 12.9. The SMILES string of the molecule is CC(C)(C)OC(=O)NCC=Cc1cc2cccnc2cc1F. The van der Waals surface area contributed by atoms with E-state index in [0.29, 0.717) is 11.1 Å². The number of halogens is 1. The zero-order valence-corrected chi connectivity index (χ0v) is 12.9. The Bertz CT molecular complexity index is 705. The quantitative estimate of drug-likeness (QED) is 0.935. The van der Waals surface area contributed by atoms with Gasteiger partial charge in [-0.2, -0.15) is 0 Å². The van der Waals surface area contributed by atoms with Gasteiger partial charge in [0, 0.05) is 29.8 Å². The highest BCUT2D eigenvalue weighted by Gasteiger charge is 2.15. The predicted molar refractivity (Wildman–Crippen MR) is 85.0 cm³/mol. The Hall–Kier alpha value is -2.43. The van der Waals surface area contributed by atoms with Crippen LogP contribution in [-0.4, -0.2) is 23.2 Å². The molecule has 1 heterocycles. The molecule has 0 atom stereocenters. The molecule has 1 aromatic carbocycles. The van der Waals surface area contributed by atoms with Gasteiger partial charge in [0.05, 0.1) is 5.52 Å². The van der Waals surface area contributed by atoms with Crippen molar-refractivity contribution in [3.8, 4) is 0 Å². The molecule has 0 spiro atoms. The number of carbonyl (C=O) groups is 1. The highest BCUT2D eigenvalue weighted by Crippen LogP contribution is 2.18. The topological polar surface area (TPSA) is 51.2 Å². The summed E-state index contributed by atoms with van der Waals surface area (Å²) < 4.78 is 19.0. The van der Waals surface area contributed by atoms with Crippen molar-refractivity contribution in [1.29, 1.82) is 0 Å². The van der Waals surface area contributed by atoms with Crippen molar-refractivity contribution in [2.45, 2.75) is 26.4 Å². The number of aromatic nitrogens is 1. The third-order valence-corrected chi connectivity index (χ3v) is 2.78. The molecule has 0 aliphatic heterocycles. The highest BCUT2D eigenvalue weighted by molar-refractivity contribution is 5.81. The van der Waals surface area contributed by atoms with E-state index in [1.165, 1.54) is 6.07 Å². The van der Waals surface area contributed by atoms with E-state index in [-0.39, 0.29) is 12.4 Å². The van der Waals surface area contributed by atoms with Gasteiger partial charge >= 0.3 is 6.09 Å². The number of amides is 1. The van der Waals surface area contributed by atoms with Crippen molar-refractivity contribution in [3.63, 3.8) is 0 Å². The van der Waals surface area contributed by atoms with E-state index in [1.807, 2.05) is 6.07 Å². The average molecular weight is 302 g/mol. The fourth-order valence-electron chi connectivity index (χ4n) is 1.88. The summed E-state index contributed by atoms with van der Waals surface area (Å²) in [5.74, 6) is -0.347. The minimum Gasteiger partial charge on any atom is -0.444 e. The van der Waals surface area contributed by atoms with E-state index >= 15 is 0 Å². The number of pyridine rings is 1. The van der Waals surface area contributed by atoms with Gasteiger partial charge in [0.2, 0.25) is 0 Å². The first-order chi connectivity index (χ1) is 10.3. The Morgan fingerprint density at radius 2 is 2.18 bits per heavy atom. The maximum atomic E-state index is 13.9. The summed E-state index contributed by atoms with van der Waals surface area (Å²) in [6.07, 6.45) is 4.42. The number of alkyl carbamates (subject to hydrolysis) is 1. The lowest BCUT2D eigenvalue weighted by molar-refractivity contribution is 0.0534. The Balaban J connectivity index is 1.99. The monoisotopic (exact) mass is 302 g/mol. The molecule has 0 saturated carbocycles. The van der Waals surface area contributed by atoms with Crippen LogP contribution in [0.4, 0.5) is 9.18 Å². The smallest absolute Gasteiger partial charge is 0.407 e. The van der Waals surface area contributed by atoms with E-state index < -0.39 is 11.7 Å². The first-order valence-corrected chi connectivity index (χ1v) is 7.03. The van der Waals surface area contributed by atoms with Crippen LogP contribution in [0.3, 0.4) is 0 Å². The van der Waals surface area contributed by atoms with Gasteiger partial charge in [-0.25, -0.2) is 9.18 Å². The van der Waals surface area contributed by atoms with Gasteiger partial charge in [-0.3, -0.25) is 4.98 Å². The van der Waals surface area contributed by atoms with E-state index in [1.54, 1.807) is 51.3 Å². The van der Waals surface area contributed by atoms with Crippen LogP contribution in [0.5, 0.6) is 0 Å². The second-order valence-electron chi connectivity index (χ2n) is 5.85. The standard InChI is InChI=1S/C17H19FN2O2/c1-17(2,3)22-16(21)20-9-4-6-12-10-13-7-5-8-19-15(13)11-14(12)18/h4-8,10-11H,9H2,1-3H3,(H,20,21). The summed E-state index contributed by atoms with van der Waals surface area (Å²) >= 11 is 0. The number of ether oxygens (including phenoxy) is 1. The van der Waals surface area contributed by atoms with Crippen LogP contribution in [0, 0.1) is 5.82 Å². The van der Waals surface area contributed by atoms with Crippen LogP contribution >= 0.6 is 0 Å². The first kappa shape index (κ1) is 15.9. The molecule has 1 N–H and O–H groups in total. The fraction of sp³-hybridized carbons (Fsp3) is 0.294. The number of fused-ring (bicyclic) bond motifs is 1. The molecule has 4 nitrogen and oxygen atoms in total. The molecule has 0 bridgehead atoms. The summed E-state index contributed by atoms with van der Waals surface area (Å²) in [5, 5.41) is 3.45. The third-order valence-electron chi connectivity index (χ3n) is 2.78. The number of nitrogens with zero attached hydrogens (tertiary/aromatic N) is 1. The van der Waals surface area contributed by atoms with Gasteiger partial charge in [0.1, 0.15) is 11.4 Å². The summed E-state index contributed by atoms with van der Waals surface area (Å²) in [5.41, 5.74) is 0.529. The maximum absolute atomic E-state index is 13.9. The Morgan fingerprint density at radius 1 is 1.41 bits per heavy atom. The van der Waals surface area contributed by atoms with Gasteiger partial charge in [0.25, 0.3) is 0 Å². The summed E-state index contributed by atoms with van der Waals surface area (Å²) in [6.45, 7) is 5.64. The second kappa shape index (κ2) is 6.56. The normalized spacial score (nSPS) is 11.8. The zero-order chi connectivity index (χ0) is 16.2. The minimum atomic E-state index is -0.536. The molecule has 2 aromatic rings. The van der Waals surface area contributed by atoms with E-state index in [4.69, 9.17) is 4.74 Å². The van der Waals surface area contributed by atoms with Crippen molar-refractivity contribution in [2.24, 2.45) is 0 Å². The minimum absolute atomic E-state index is 0.263. The molecule has 5 heteroatoms. The van der Waals surface area contributed by atoms with E-state index in [9.17, 15) is 9.18 Å². The van der Waals surface area contributed by atoms with Crippen LogP contribution in [-0.2, 0) is 4.74 Å². The van der Waals surface area contributed by atoms with Crippen molar-refractivity contribution in [3.05, 3.63) is 47.9 Å². The molecule has 0 saturated heterocycles. The number of hydrogen-bond donors (Lipinski definition) is 1. The molecule has 116 valence electrons. The van der Waals surface area contributed by atoms with Gasteiger partial charge in [-0.1, -0.05) is 18.2 Å². The molecule has 0 fully saturated rings. The largest absolute Gasteiger partial charge is 0.444 e. The van der Waals surface area contributed by atoms with Gasteiger partial charge in [0.15, 0.2) is 0 Å². The molecule has 0 radical (unpaired) electrons. The molecular formula is C17H19FN2O2. The molecule has 0 unspecified atom stereocenters. The Morgan fingerprint density at radius 3 is 2.91 bits per heavy atom. The van der Waals surface area contributed by atoms with Gasteiger partial charge in [-0.05, 0) is 32.9 Å². The number of hydrogen-bond acceptors (Lipinski definition) is 3. The summed E-state index contributed by atoms with van der Waals surface area (Å²) in [4.78, 5) is 15.6.